The van der Waals surface area contributed by atoms with Gasteiger partial charge >= 0.3 is 12.0 Å². The van der Waals surface area contributed by atoms with Gasteiger partial charge in [-0.3, -0.25) is 9.59 Å². The van der Waals surface area contributed by atoms with Crippen LogP contribution in [0.1, 0.15) is 34.8 Å². The molecule has 3 aromatic rings. The third-order valence-electron chi connectivity index (χ3n) is 4.72. The SMILES string of the molecule is Cc1ccc([C@H](CC(=O)O)NC(=O)Nc2ccc(Cc3ccccc3F)[nH]c2=O)cc1. The third-order valence-corrected chi connectivity index (χ3v) is 4.72. The number of aliphatic carboxylic acids is 1. The summed E-state index contributed by atoms with van der Waals surface area (Å²) in [5, 5.41) is 14.2. The molecule has 7 nitrogen and oxygen atoms in total. The van der Waals surface area contributed by atoms with E-state index in [9.17, 15) is 18.8 Å². The van der Waals surface area contributed by atoms with Crippen molar-refractivity contribution in [3.63, 3.8) is 0 Å². The Morgan fingerprint density at radius 1 is 1.06 bits per heavy atom. The van der Waals surface area contributed by atoms with Crippen molar-refractivity contribution in [2.45, 2.75) is 25.8 Å². The van der Waals surface area contributed by atoms with E-state index in [1.165, 1.54) is 12.1 Å². The number of carboxylic acids is 1. The van der Waals surface area contributed by atoms with Gasteiger partial charge < -0.3 is 20.7 Å². The average molecular weight is 423 g/mol. The Hall–Kier alpha value is -3.94. The number of benzene rings is 2. The van der Waals surface area contributed by atoms with Crippen molar-refractivity contribution in [2.24, 2.45) is 0 Å². The van der Waals surface area contributed by atoms with Crippen LogP contribution >= 0.6 is 0 Å². The molecule has 2 aromatic carbocycles. The zero-order chi connectivity index (χ0) is 22.4. The number of hydrogen-bond acceptors (Lipinski definition) is 3. The summed E-state index contributed by atoms with van der Waals surface area (Å²) in [6, 6.07) is 14.9. The van der Waals surface area contributed by atoms with Crippen LogP contribution < -0.4 is 16.2 Å². The second kappa shape index (κ2) is 9.71. The Kier molecular flexibility index (Phi) is 6.81. The van der Waals surface area contributed by atoms with Crippen LogP contribution in [0.2, 0.25) is 0 Å². The number of aromatic amines is 1. The molecule has 1 aromatic heterocycles. The lowest BCUT2D eigenvalue weighted by atomic mass is 10.0. The number of carbonyl (C=O) groups is 2. The number of aryl methyl sites for hydroxylation is 1. The molecule has 3 rings (SSSR count). The summed E-state index contributed by atoms with van der Waals surface area (Å²) in [7, 11) is 0. The minimum atomic E-state index is -1.07. The molecule has 0 bridgehead atoms. The molecule has 2 amide bonds. The Morgan fingerprint density at radius 3 is 2.42 bits per heavy atom. The Bertz CT molecular complexity index is 1140. The number of carboxylic acid groups (broad SMARTS) is 1. The van der Waals surface area contributed by atoms with Gasteiger partial charge in [-0.05, 0) is 36.2 Å². The van der Waals surface area contributed by atoms with Crippen molar-refractivity contribution in [1.29, 1.82) is 0 Å². The summed E-state index contributed by atoms with van der Waals surface area (Å²) >= 11 is 0. The number of anilines is 1. The maximum atomic E-state index is 13.8. The van der Waals surface area contributed by atoms with E-state index < -0.39 is 23.6 Å². The molecule has 31 heavy (non-hydrogen) atoms. The number of hydrogen-bond donors (Lipinski definition) is 4. The first-order chi connectivity index (χ1) is 14.8. The minimum Gasteiger partial charge on any atom is -0.481 e. The van der Waals surface area contributed by atoms with Crippen molar-refractivity contribution in [3.8, 4) is 0 Å². The molecule has 0 radical (unpaired) electrons. The smallest absolute Gasteiger partial charge is 0.319 e. The van der Waals surface area contributed by atoms with Crippen LogP contribution in [0.15, 0.2) is 65.5 Å². The number of amides is 2. The van der Waals surface area contributed by atoms with Gasteiger partial charge in [-0.25, -0.2) is 9.18 Å². The number of urea groups is 1. The highest BCUT2D eigenvalue weighted by atomic mass is 19.1. The lowest BCUT2D eigenvalue weighted by Gasteiger charge is -2.18. The van der Waals surface area contributed by atoms with Crippen LogP contribution in [-0.4, -0.2) is 22.1 Å². The van der Waals surface area contributed by atoms with Crippen molar-refractivity contribution >= 4 is 17.7 Å². The monoisotopic (exact) mass is 423 g/mol. The first kappa shape index (κ1) is 21.8. The van der Waals surface area contributed by atoms with Crippen LogP contribution in [0.5, 0.6) is 0 Å². The highest BCUT2D eigenvalue weighted by Crippen LogP contribution is 2.18. The summed E-state index contributed by atoms with van der Waals surface area (Å²) in [4.78, 5) is 38.6. The van der Waals surface area contributed by atoms with Gasteiger partial charge in [-0.1, -0.05) is 48.0 Å². The maximum Gasteiger partial charge on any atom is 0.319 e. The van der Waals surface area contributed by atoms with E-state index in [0.717, 1.165) is 5.56 Å². The van der Waals surface area contributed by atoms with Gasteiger partial charge in [-0.2, -0.15) is 0 Å². The standard InChI is InChI=1S/C23H22FN3O4/c1-14-6-8-15(9-7-14)20(13-21(28)29)27-23(31)26-19-11-10-17(25-22(19)30)12-16-4-2-3-5-18(16)24/h2-11,20H,12-13H2,1H3,(H,25,30)(H,28,29)(H2,26,27,31)/t20-/m0/s1. The predicted molar refractivity (Wildman–Crippen MR) is 115 cm³/mol. The molecule has 160 valence electrons. The molecule has 4 N–H and O–H groups in total. The normalized spacial score (nSPS) is 11.5. The summed E-state index contributed by atoms with van der Waals surface area (Å²) in [5.74, 6) is -1.44. The topological polar surface area (TPSA) is 111 Å². The van der Waals surface area contributed by atoms with Gasteiger partial charge in [0, 0.05) is 12.1 Å². The molecule has 1 atom stereocenters. The number of pyridine rings is 1. The molecule has 0 saturated heterocycles. The summed E-state index contributed by atoms with van der Waals surface area (Å²) in [5.41, 5.74) is 2.01. The summed E-state index contributed by atoms with van der Waals surface area (Å²) in [6.45, 7) is 1.90. The number of nitrogens with one attached hydrogen (secondary N) is 3. The number of aromatic nitrogens is 1. The number of carbonyl (C=O) groups excluding carboxylic acids is 1. The third kappa shape index (κ3) is 6.02. The fourth-order valence-electron chi connectivity index (χ4n) is 3.11. The second-order valence-corrected chi connectivity index (χ2v) is 7.15. The second-order valence-electron chi connectivity index (χ2n) is 7.15. The van der Waals surface area contributed by atoms with Crippen LogP contribution in [0, 0.1) is 12.7 Å². The average Bonchev–Trinajstić information content (AvgIpc) is 2.71. The zero-order valence-corrected chi connectivity index (χ0v) is 16.8. The van der Waals surface area contributed by atoms with E-state index in [1.807, 2.05) is 19.1 Å². The molecule has 0 spiro atoms. The fraction of sp³-hybridized carbons (Fsp3) is 0.174. The predicted octanol–water partition coefficient (Wildman–Crippen LogP) is 3.75. The van der Waals surface area contributed by atoms with Crippen LogP contribution in [-0.2, 0) is 11.2 Å². The lowest BCUT2D eigenvalue weighted by molar-refractivity contribution is -0.137. The quantitative estimate of drug-likeness (QED) is 0.464. The van der Waals surface area contributed by atoms with Gasteiger partial charge in [0.25, 0.3) is 5.56 Å². The Morgan fingerprint density at radius 2 is 1.77 bits per heavy atom. The maximum absolute atomic E-state index is 13.8. The van der Waals surface area contributed by atoms with Crippen molar-refractivity contribution in [2.75, 3.05) is 5.32 Å². The summed E-state index contributed by atoms with van der Waals surface area (Å²) in [6.07, 6.45) is -0.114. The highest BCUT2D eigenvalue weighted by Gasteiger charge is 2.19. The number of rotatable bonds is 7. The van der Waals surface area contributed by atoms with Gasteiger partial charge in [0.05, 0.1) is 12.5 Å². The van der Waals surface area contributed by atoms with Gasteiger partial charge in [0.15, 0.2) is 0 Å². The van der Waals surface area contributed by atoms with Gasteiger partial charge in [0.1, 0.15) is 11.5 Å². The van der Waals surface area contributed by atoms with E-state index in [4.69, 9.17) is 5.11 Å². The van der Waals surface area contributed by atoms with Crippen LogP contribution in [0.25, 0.3) is 0 Å². The number of halogens is 1. The molecule has 0 unspecified atom stereocenters. The van der Waals surface area contributed by atoms with Gasteiger partial charge in [-0.15, -0.1) is 0 Å². The molecule has 1 heterocycles. The zero-order valence-electron chi connectivity index (χ0n) is 16.8. The molecular formula is C23H22FN3O4. The molecule has 0 aliphatic rings. The highest BCUT2D eigenvalue weighted by molar-refractivity contribution is 5.89. The Labute approximate surface area is 177 Å². The van der Waals surface area contributed by atoms with E-state index in [1.54, 1.807) is 36.4 Å². The molecule has 0 aliphatic heterocycles. The van der Waals surface area contributed by atoms with Crippen LogP contribution in [0.3, 0.4) is 0 Å². The van der Waals surface area contributed by atoms with Crippen LogP contribution in [0.4, 0.5) is 14.9 Å². The molecule has 0 saturated carbocycles. The minimum absolute atomic E-state index is 0.00670. The molecular weight excluding hydrogens is 401 g/mol. The van der Waals surface area contributed by atoms with E-state index in [2.05, 4.69) is 15.6 Å². The van der Waals surface area contributed by atoms with E-state index in [0.29, 0.717) is 16.8 Å². The number of H-pyrrole nitrogens is 1. The summed E-state index contributed by atoms with van der Waals surface area (Å²) < 4.78 is 13.8. The lowest BCUT2D eigenvalue weighted by Crippen LogP contribution is -2.35. The first-order valence-electron chi connectivity index (χ1n) is 9.63. The molecule has 0 fully saturated rings. The molecule has 8 heteroatoms. The van der Waals surface area contributed by atoms with E-state index >= 15 is 0 Å². The Balaban J connectivity index is 1.70. The van der Waals surface area contributed by atoms with Crippen molar-refractivity contribution < 1.29 is 19.1 Å². The van der Waals surface area contributed by atoms with Crippen molar-refractivity contribution in [1.82, 2.24) is 10.3 Å². The van der Waals surface area contributed by atoms with Crippen molar-refractivity contribution in [3.05, 3.63) is 99.2 Å². The van der Waals surface area contributed by atoms with E-state index in [-0.39, 0.29) is 24.3 Å². The first-order valence-corrected chi connectivity index (χ1v) is 9.63. The molecule has 0 aliphatic carbocycles. The fourth-order valence-corrected chi connectivity index (χ4v) is 3.11. The largest absolute Gasteiger partial charge is 0.481 e. The van der Waals surface area contributed by atoms with Gasteiger partial charge in [0.2, 0.25) is 0 Å².